The number of carbonyl (C=O) groups excluding carboxylic acids is 1. The number of hydrogen-bond acceptors (Lipinski definition) is 10. The quantitative estimate of drug-likeness (QED) is 0.101. The highest BCUT2D eigenvalue weighted by atomic mass is 32.1. The third-order valence-corrected chi connectivity index (χ3v) is 8.71. The van der Waals surface area contributed by atoms with Crippen molar-refractivity contribution in [2.45, 2.75) is 40.3 Å². The van der Waals surface area contributed by atoms with E-state index in [0.29, 0.717) is 42.4 Å². The second-order valence-corrected chi connectivity index (χ2v) is 11.1. The monoisotopic (exact) mass is 602 g/mol. The summed E-state index contributed by atoms with van der Waals surface area (Å²) in [6.07, 6.45) is 2.22. The van der Waals surface area contributed by atoms with Crippen LogP contribution in [0, 0.1) is 0 Å². The van der Waals surface area contributed by atoms with Crippen molar-refractivity contribution in [2.24, 2.45) is 4.99 Å². The number of thiophene rings is 1. The van der Waals surface area contributed by atoms with E-state index in [4.69, 9.17) is 24.0 Å². The summed E-state index contributed by atoms with van der Waals surface area (Å²) < 4.78 is 16.8. The number of hydrogen-bond donors (Lipinski definition) is 0. The van der Waals surface area contributed by atoms with Crippen LogP contribution in [0.15, 0.2) is 53.5 Å². The van der Waals surface area contributed by atoms with Crippen molar-refractivity contribution in [3.8, 4) is 22.6 Å². The van der Waals surface area contributed by atoms with E-state index in [1.807, 2.05) is 60.5 Å². The van der Waals surface area contributed by atoms with E-state index in [0.717, 1.165) is 51.4 Å². The number of pyridine rings is 1. The van der Waals surface area contributed by atoms with Gasteiger partial charge in [-0.25, -0.2) is 14.8 Å². The second-order valence-electron chi connectivity index (χ2n) is 10.0. The Balaban J connectivity index is 1.65. The van der Waals surface area contributed by atoms with Crippen molar-refractivity contribution in [1.82, 2.24) is 14.9 Å². The first kappa shape index (κ1) is 30.5. The molecule has 5 rings (SSSR count). The van der Waals surface area contributed by atoms with Crippen LogP contribution >= 0.6 is 11.3 Å². The van der Waals surface area contributed by atoms with Crippen LogP contribution in [0.2, 0.25) is 0 Å². The Kier molecular flexibility index (Phi) is 9.91. The molecule has 2 aromatic carbocycles. The Morgan fingerprint density at radius 1 is 1.07 bits per heavy atom. The average molecular weight is 603 g/mol. The number of nitrogens with zero attached hydrogens (tertiary/aromatic N) is 4. The van der Waals surface area contributed by atoms with Gasteiger partial charge >= 0.3 is 5.97 Å². The molecule has 43 heavy (non-hydrogen) atoms. The largest absolute Gasteiger partial charge is 0.493 e. The van der Waals surface area contributed by atoms with Gasteiger partial charge in [-0.3, -0.25) is 4.90 Å². The van der Waals surface area contributed by atoms with Crippen molar-refractivity contribution >= 4 is 39.6 Å². The lowest BCUT2D eigenvalue weighted by atomic mass is 9.91. The predicted molar refractivity (Wildman–Crippen MR) is 171 cm³/mol. The standard InChI is InChI=1S/C33H38N4O5S/c1-6-36(7-2)19-25-31(33(38)41-8-3)29(22-14-15-26(39-4)27(18-22)40-5)30-24-16-17-37(20-28(24)43-32(30)35-25)42-21-34-23-12-10-9-11-13-23/h9-15,18,21H,6-8,16-17,19-20H2,1-5H3. The zero-order valence-corrected chi connectivity index (χ0v) is 26.2. The summed E-state index contributed by atoms with van der Waals surface area (Å²) in [4.78, 5) is 33.5. The van der Waals surface area contributed by atoms with E-state index in [1.165, 1.54) is 12.0 Å². The van der Waals surface area contributed by atoms with Crippen LogP contribution in [0.4, 0.5) is 5.69 Å². The average Bonchev–Trinajstić information content (AvgIpc) is 3.40. The smallest absolute Gasteiger partial charge is 0.340 e. The van der Waals surface area contributed by atoms with Gasteiger partial charge in [-0.15, -0.1) is 16.4 Å². The van der Waals surface area contributed by atoms with Crippen LogP contribution in [0.25, 0.3) is 21.3 Å². The molecule has 2 aromatic heterocycles. The lowest BCUT2D eigenvalue weighted by molar-refractivity contribution is -0.0774. The number of aromatic nitrogens is 1. The van der Waals surface area contributed by atoms with Crippen molar-refractivity contribution in [3.05, 3.63) is 70.2 Å². The SMILES string of the molecule is CCOC(=O)c1c(CN(CC)CC)nc2sc3c(c2c1-c1ccc(OC)c(OC)c1)CCN(OC=Nc1ccccc1)C3. The highest BCUT2D eigenvalue weighted by Crippen LogP contribution is 2.44. The highest BCUT2D eigenvalue weighted by molar-refractivity contribution is 7.19. The van der Waals surface area contributed by atoms with Gasteiger partial charge in [0.2, 0.25) is 6.40 Å². The number of esters is 1. The summed E-state index contributed by atoms with van der Waals surface area (Å²) in [7, 11) is 3.23. The molecule has 10 heteroatoms. The number of aliphatic imine (C=N–C) groups is 1. The molecular weight excluding hydrogens is 564 g/mol. The Morgan fingerprint density at radius 3 is 2.53 bits per heavy atom. The van der Waals surface area contributed by atoms with Crippen LogP contribution in [-0.4, -0.2) is 67.8 Å². The summed E-state index contributed by atoms with van der Waals surface area (Å²) >= 11 is 1.65. The van der Waals surface area contributed by atoms with Crippen LogP contribution in [0.3, 0.4) is 0 Å². The molecule has 0 radical (unpaired) electrons. The van der Waals surface area contributed by atoms with Gasteiger partial charge in [0.15, 0.2) is 11.5 Å². The number of rotatable bonds is 12. The summed E-state index contributed by atoms with van der Waals surface area (Å²) in [6, 6.07) is 15.5. The van der Waals surface area contributed by atoms with Crippen LogP contribution in [-0.2, 0) is 29.1 Å². The molecule has 226 valence electrons. The maximum absolute atomic E-state index is 13.7. The number of benzene rings is 2. The topological polar surface area (TPSA) is 85.7 Å². The zero-order chi connectivity index (χ0) is 30.3. The maximum Gasteiger partial charge on any atom is 0.340 e. The molecule has 4 aromatic rings. The van der Waals surface area contributed by atoms with Crippen molar-refractivity contribution in [2.75, 3.05) is 40.5 Å². The Hall–Kier alpha value is -3.99. The first-order valence-corrected chi connectivity index (χ1v) is 15.4. The minimum Gasteiger partial charge on any atom is -0.493 e. The minimum atomic E-state index is -0.373. The fraction of sp³-hybridized carbons (Fsp3) is 0.364. The van der Waals surface area contributed by atoms with Crippen LogP contribution in [0.1, 0.15) is 47.3 Å². The van der Waals surface area contributed by atoms with E-state index in [1.54, 1.807) is 25.6 Å². The fourth-order valence-electron chi connectivity index (χ4n) is 5.38. The molecule has 0 spiro atoms. The third kappa shape index (κ3) is 6.51. The van der Waals surface area contributed by atoms with Gasteiger partial charge in [-0.05, 0) is 61.8 Å². The first-order chi connectivity index (χ1) is 21.0. The number of carbonyl (C=O) groups is 1. The van der Waals surface area contributed by atoms with Crippen molar-refractivity contribution in [1.29, 1.82) is 0 Å². The van der Waals surface area contributed by atoms with E-state index >= 15 is 0 Å². The van der Waals surface area contributed by atoms with Gasteiger partial charge in [-0.1, -0.05) is 38.1 Å². The number of fused-ring (bicyclic) bond motifs is 3. The van der Waals surface area contributed by atoms with Gasteiger partial charge in [0.05, 0.1) is 44.3 Å². The molecule has 0 N–H and O–H groups in total. The Morgan fingerprint density at radius 2 is 1.84 bits per heavy atom. The zero-order valence-electron chi connectivity index (χ0n) is 25.4. The predicted octanol–water partition coefficient (Wildman–Crippen LogP) is 6.65. The Labute approximate surface area is 256 Å². The summed E-state index contributed by atoms with van der Waals surface area (Å²) in [5, 5.41) is 2.89. The molecule has 0 amide bonds. The van der Waals surface area contributed by atoms with Gasteiger partial charge in [0.1, 0.15) is 4.83 Å². The summed E-state index contributed by atoms with van der Waals surface area (Å²) in [5.74, 6) is 0.836. The molecule has 0 fully saturated rings. The van der Waals surface area contributed by atoms with Crippen molar-refractivity contribution < 1.29 is 23.8 Å². The summed E-state index contributed by atoms with van der Waals surface area (Å²) in [6.45, 7) is 9.78. The minimum absolute atomic E-state index is 0.269. The van der Waals surface area contributed by atoms with Crippen molar-refractivity contribution in [3.63, 3.8) is 0 Å². The second kappa shape index (κ2) is 14.0. The molecule has 1 aliphatic heterocycles. The molecule has 3 heterocycles. The maximum atomic E-state index is 13.7. The fourth-order valence-corrected chi connectivity index (χ4v) is 6.63. The summed E-state index contributed by atoms with van der Waals surface area (Å²) in [5.41, 5.74) is 4.89. The first-order valence-electron chi connectivity index (χ1n) is 14.6. The van der Waals surface area contributed by atoms with Gasteiger partial charge in [0, 0.05) is 28.9 Å². The van der Waals surface area contributed by atoms with Gasteiger partial charge in [-0.2, -0.15) is 0 Å². The molecular formula is C33H38N4O5S. The molecule has 0 aliphatic carbocycles. The van der Waals surface area contributed by atoms with Gasteiger partial charge in [0.25, 0.3) is 0 Å². The highest BCUT2D eigenvalue weighted by Gasteiger charge is 2.31. The number of ether oxygens (including phenoxy) is 3. The lowest BCUT2D eigenvalue weighted by Gasteiger charge is -2.25. The van der Waals surface area contributed by atoms with Crippen LogP contribution in [0.5, 0.6) is 11.5 Å². The molecule has 0 saturated carbocycles. The van der Waals surface area contributed by atoms with E-state index in [2.05, 4.69) is 23.7 Å². The molecule has 1 aliphatic rings. The number of para-hydroxylation sites is 1. The number of hydroxylamine groups is 2. The molecule has 0 bridgehead atoms. The normalized spacial score (nSPS) is 13.4. The number of methoxy groups -OCH3 is 2. The van der Waals surface area contributed by atoms with E-state index < -0.39 is 0 Å². The molecule has 9 nitrogen and oxygen atoms in total. The third-order valence-electron chi connectivity index (χ3n) is 7.60. The van der Waals surface area contributed by atoms with Crippen LogP contribution < -0.4 is 9.47 Å². The molecule has 0 saturated heterocycles. The molecule has 0 unspecified atom stereocenters. The van der Waals surface area contributed by atoms with Gasteiger partial charge < -0.3 is 19.0 Å². The Bertz CT molecular complexity index is 1600. The lowest BCUT2D eigenvalue weighted by Crippen LogP contribution is -2.29. The molecule has 0 atom stereocenters. The van der Waals surface area contributed by atoms with E-state index in [-0.39, 0.29) is 12.6 Å². The van der Waals surface area contributed by atoms with E-state index in [9.17, 15) is 4.79 Å².